The Hall–Kier alpha value is -1.32. The lowest BCUT2D eigenvalue weighted by Crippen LogP contribution is -2.07. The third kappa shape index (κ3) is 3.58. The van der Waals surface area contributed by atoms with Crippen molar-refractivity contribution in [2.75, 3.05) is 0 Å². The van der Waals surface area contributed by atoms with Gasteiger partial charge in [-0.1, -0.05) is 43.8 Å². The van der Waals surface area contributed by atoms with Crippen LogP contribution in [0.4, 0.5) is 0 Å². The zero-order chi connectivity index (χ0) is 13.8. The Morgan fingerprint density at radius 2 is 1.74 bits per heavy atom. The van der Waals surface area contributed by atoms with Crippen molar-refractivity contribution in [1.82, 2.24) is 4.98 Å². The largest absolute Gasteiger partial charge is 0.324 e. The minimum atomic E-state index is 0.00568. The van der Waals surface area contributed by atoms with E-state index in [4.69, 9.17) is 5.73 Å². The van der Waals surface area contributed by atoms with Crippen molar-refractivity contribution in [2.24, 2.45) is 5.73 Å². The first-order valence-electron chi connectivity index (χ1n) is 6.56. The van der Waals surface area contributed by atoms with Crippen molar-refractivity contribution >= 4 is 11.8 Å². The molecular weight excluding hydrogens is 252 g/mol. The summed E-state index contributed by atoms with van der Waals surface area (Å²) in [6.45, 7) is 6.40. The molecule has 0 aliphatic carbocycles. The minimum absolute atomic E-state index is 0.00568. The van der Waals surface area contributed by atoms with E-state index < -0.39 is 0 Å². The van der Waals surface area contributed by atoms with Crippen LogP contribution >= 0.6 is 11.8 Å². The molecule has 2 nitrogen and oxygen atoms in total. The predicted molar refractivity (Wildman–Crippen MR) is 81.5 cm³/mol. The number of hydrogen-bond donors (Lipinski definition) is 1. The monoisotopic (exact) mass is 272 g/mol. The molecule has 0 bridgehead atoms. The van der Waals surface area contributed by atoms with Crippen molar-refractivity contribution in [3.8, 4) is 0 Å². The summed E-state index contributed by atoms with van der Waals surface area (Å²) in [5.41, 5.74) is 8.44. The number of pyridine rings is 1. The summed E-state index contributed by atoms with van der Waals surface area (Å²) < 4.78 is 0. The van der Waals surface area contributed by atoms with E-state index >= 15 is 0 Å². The minimum Gasteiger partial charge on any atom is -0.324 e. The summed E-state index contributed by atoms with van der Waals surface area (Å²) >= 11 is 1.67. The molecule has 0 saturated heterocycles. The van der Waals surface area contributed by atoms with Crippen molar-refractivity contribution in [3.05, 3.63) is 53.7 Å². The van der Waals surface area contributed by atoms with Crippen LogP contribution in [-0.2, 0) is 0 Å². The average molecular weight is 272 g/mol. The van der Waals surface area contributed by atoms with Gasteiger partial charge in [0.15, 0.2) is 0 Å². The van der Waals surface area contributed by atoms with Gasteiger partial charge in [0.2, 0.25) is 0 Å². The maximum Gasteiger partial charge on any atom is 0.105 e. The van der Waals surface area contributed by atoms with Gasteiger partial charge in [0.05, 0.1) is 0 Å². The van der Waals surface area contributed by atoms with Crippen LogP contribution in [0.2, 0.25) is 0 Å². The average Bonchev–Trinajstić information content (AvgIpc) is 2.39. The molecule has 0 aliphatic heterocycles. The van der Waals surface area contributed by atoms with Gasteiger partial charge in [-0.2, -0.15) is 0 Å². The molecule has 1 aromatic carbocycles. The Bertz CT molecular complexity index is 533. The van der Waals surface area contributed by atoms with Crippen LogP contribution in [-0.4, -0.2) is 4.98 Å². The van der Waals surface area contributed by atoms with Gasteiger partial charge in [0.25, 0.3) is 0 Å². The molecule has 2 rings (SSSR count). The fraction of sp³-hybridized carbons (Fsp3) is 0.312. The van der Waals surface area contributed by atoms with Gasteiger partial charge in [0, 0.05) is 22.7 Å². The highest BCUT2D eigenvalue weighted by molar-refractivity contribution is 7.99. The maximum atomic E-state index is 5.98. The Morgan fingerprint density at radius 3 is 2.32 bits per heavy atom. The van der Waals surface area contributed by atoms with Crippen LogP contribution in [0, 0.1) is 0 Å². The summed E-state index contributed by atoms with van der Waals surface area (Å²) in [7, 11) is 0. The first-order chi connectivity index (χ1) is 9.08. The second-order valence-corrected chi connectivity index (χ2v) is 6.07. The molecule has 2 aromatic rings. The van der Waals surface area contributed by atoms with Crippen LogP contribution in [0.3, 0.4) is 0 Å². The van der Waals surface area contributed by atoms with E-state index in [9.17, 15) is 0 Å². The molecule has 1 heterocycles. The van der Waals surface area contributed by atoms with E-state index in [1.165, 1.54) is 10.5 Å². The zero-order valence-electron chi connectivity index (χ0n) is 11.6. The van der Waals surface area contributed by atoms with E-state index in [0.717, 1.165) is 10.6 Å². The molecule has 2 N–H and O–H groups in total. The first kappa shape index (κ1) is 14.1. The lowest BCUT2D eigenvalue weighted by molar-refractivity contribution is 0.779. The van der Waals surface area contributed by atoms with Gasteiger partial charge in [-0.05, 0) is 36.6 Å². The molecule has 1 atom stereocenters. The van der Waals surface area contributed by atoms with Crippen LogP contribution in [0.15, 0.2) is 52.5 Å². The van der Waals surface area contributed by atoms with E-state index in [-0.39, 0.29) is 6.04 Å². The normalized spacial score (nSPS) is 12.7. The van der Waals surface area contributed by atoms with Gasteiger partial charge in [0.1, 0.15) is 5.03 Å². The summed E-state index contributed by atoms with van der Waals surface area (Å²) in [5.74, 6) is 0.563. The summed E-state index contributed by atoms with van der Waals surface area (Å²) in [6, 6.07) is 12.7. The molecule has 0 unspecified atom stereocenters. The number of nitrogens with zero attached hydrogens (tertiary/aromatic N) is 1. The molecule has 100 valence electrons. The zero-order valence-corrected chi connectivity index (χ0v) is 12.4. The van der Waals surface area contributed by atoms with Crippen molar-refractivity contribution < 1.29 is 0 Å². The first-order valence-corrected chi connectivity index (χ1v) is 7.38. The third-order valence-electron chi connectivity index (χ3n) is 3.05. The second-order valence-electron chi connectivity index (χ2n) is 5.01. The van der Waals surface area contributed by atoms with Crippen LogP contribution in [0.1, 0.15) is 43.9 Å². The number of nitrogens with two attached hydrogens (primary N) is 1. The highest BCUT2D eigenvalue weighted by Gasteiger charge is 2.09. The quantitative estimate of drug-likeness (QED) is 0.898. The van der Waals surface area contributed by atoms with E-state index in [1.54, 1.807) is 11.8 Å². The van der Waals surface area contributed by atoms with Gasteiger partial charge in [-0.15, -0.1) is 0 Å². The molecule has 0 fully saturated rings. The summed E-state index contributed by atoms with van der Waals surface area (Å²) in [4.78, 5) is 5.63. The molecule has 0 radical (unpaired) electrons. The Balaban J connectivity index is 2.21. The molecule has 0 aliphatic rings. The van der Waals surface area contributed by atoms with E-state index in [1.807, 2.05) is 25.3 Å². The number of aromatic nitrogens is 1. The number of benzene rings is 1. The molecule has 0 saturated carbocycles. The Morgan fingerprint density at radius 1 is 1.05 bits per heavy atom. The van der Waals surface area contributed by atoms with Crippen LogP contribution in [0.5, 0.6) is 0 Å². The highest BCUT2D eigenvalue weighted by Crippen LogP contribution is 2.31. The van der Waals surface area contributed by atoms with Crippen molar-refractivity contribution in [1.29, 1.82) is 0 Å². The van der Waals surface area contributed by atoms with Crippen molar-refractivity contribution in [3.63, 3.8) is 0 Å². The molecule has 19 heavy (non-hydrogen) atoms. The van der Waals surface area contributed by atoms with E-state index in [2.05, 4.69) is 43.1 Å². The number of rotatable bonds is 4. The fourth-order valence-corrected chi connectivity index (χ4v) is 2.85. The third-order valence-corrected chi connectivity index (χ3v) is 4.09. The molecule has 1 aromatic heterocycles. The van der Waals surface area contributed by atoms with Crippen LogP contribution < -0.4 is 5.73 Å². The fourth-order valence-electron chi connectivity index (χ4n) is 1.87. The van der Waals surface area contributed by atoms with E-state index in [0.29, 0.717) is 5.92 Å². The molecule has 0 amide bonds. The van der Waals surface area contributed by atoms with Gasteiger partial charge >= 0.3 is 0 Å². The summed E-state index contributed by atoms with van der Waals surface area (Å²) in [6.07, 6.45) is 1.82. The van der Waals surface area contributed by atoms with Gasteiger partial charge in [-0.25, -0.2) is 4.98 Å². The topological polar surface area (TPSA) is 38.9 Å². The Labute approximate surface area is 119 Å². The lowest BCUT2D eigenvalue weighted by atomic mass is 10.0. The number of hydrogen-bond acceptors (Lipinski definition) is 3. The molecule has 0 spiro atoms. The summed E-state index contributed by atoms with van der Waals surface area (Å²) in [5, 5.41) is 0.995. The molecular formula is C16H20N2S. The van der Waals surface area contributed by atoms with Gasteiger partial charge < -0.3 is 5.73 Å². The predicted octanol–water partition coefficient (Wildman–Crippen LogP) is 4.38. The standard InChI is InChI=1S/C16H20N2S/c1-11(2)13-6-8-14(9-7-13)19-16-15(12(3)17)5-4-10-18-16/h4-12H,17H2,1-3H3/t12-/m0/s1. The maximum absolute atomic E-state index is 5.98. The highest BCUT2D eigenvalue weighted by atomic mass is 32.2. The van der Waals surface area contributed by atoms with Crippen LogP contribution in [0.25, 0.3) is 0 Å². The SMILES string of the molecule is CC(C)c1ccc(Sc2ncccc2[C@H](C)N)cc1. The van der Waals surface area contributed by atoms with Gasteiger partial charge in [-0.3, -0.25) is 0 Å². The second kappa shape index (κ2) is 6.22. The van der Waals surface area contributed by atoms with Crippen molar-refractivity contribution in [2.45, 2.75) is 42.7 Å². The molecule has 3 heteroatoms. The smallest absolute Gasteiger partial charge is 0.105 e. The Kier molecular flexibility index (Phi) is 4.61. The lowest BCUT2D eigenvalue weighted by Gasteiger charge is -2.11.